The first kappa shape index (κ1) is 22.2. The zero-order valence-electron chi connectivity index (χ0n) is 14.9. The van der Waals surface area contributed by atoms with Crippen LogP contribution in [0.5, 0.6) is 0 Å². The van der Waals surface area contributed by atoms with E-state index in [0.717, 1.165) is 57.6 Å². The number of carbonyl (C=O) groups is 1. The van der Waals surface area contributed by atoms with E-state index in [4.69, 9.17) is 5.73 Å². The molecule has 0 unspecified atom stereocenters. The SMILES string of the molecule is CCN1CCC(n2nccc2NC(=O)C[C@@H]2CCC[C@H]2N)CC1.Cl.Cl. The third kappa shape index (κ3) is 5.58. The number of anilines is 1. The average Bonchev–Trinajstić information content (AvgIpc) is 3.17. The van der Waals surface area contributed by atoms with Crippen LogP contribution in [0.15, 0.2) is 12.3 Å². The minimum absolute atomic E-state index is 0. The molecule has 1 saturated heterocycles. The van der Waals surface area contributed by atoms with Crippen molar-refractivity contribution in [3.05, 3.63) is 12.3 Å². The summed E-state index contributed by atoms with van der Waals surface area (Å²) in [6, 6.07) is 2.47. The number of amides is 1. The molecule has 8 heteroatoms. The number of likely N-dealkylation sites (tertiary alicyclic amines) is 1. The van der Waals surface area contributed by atoms with E-state index < -0.39 is 0 Å². The molecule has 3 rings (SSSR count). The van der Waals surface area contributed by atoms with Crippen LogP contribution in [0.4, 0.5) is 5.82 Å². The van der Waals surface area contributed by atoms with Gasteiger partial charge in [0.25, 0.3) is 0 Å². The van der Waals surface area contributed by atoms with Crippen LogP contribution in [0.25, 0.3) is 0 Å². The van der Waals surface area contributed by atoms with Gasteiger partial charge in [0.15, 0.2) is 0 Å². The van der Waals surface area contributed by atoms with Gasteiger partial charge in [-0.05, 0) is 38.1 Å². The van der Waals surface area contributed by atoms with E-state index in [0.29, 0.717) is 18.4 Å². The topological polar surface area (TPSA) is 76.2 Å². The van der Waals surface area contributed by atoms with Crippen LogP contribution >= 0.6 is 24.8 Å². The van der Waals surface area contributed by atoms with Crippen molar-refractivity contribution in [3.63, 3.8) is 0 Å². The van der Waals surface area contributed by atoms with Gasteiger partial charge in [-0.1, -0.05) is 13.3 Å². The Morgan fingerprint density at radius 3 is 2.60 bits per heavy atom. The van der Waals surface area contributed by atoms with Crippen molar-refractivity contribution in [2.24, 2.45) is 11.7 Å². The van der Waals surface area contributed by atoms with E-state index in [1.54, 1.807) is 6.20 Å². The Kier molecular flexibility index (Phi) is 9.21. The first-order valence-corrected chi connectivity index (χ1v) is 8.98. The van der Waals surface area contributed by atoms with Crippen LogP contribution in [-0.4, -0.2) is 46.3 Å². The Morgan fingerprint density at radius 1 is 1.28 bits per heavy atom. The maximum Gasteiger partial charge on any atom is 0.225 e. The van der Waals surface area contributed by atoms with Gasteiger partial charge in [-0.25, -0.2) is 4.68 Å². The lowest BCUT2D eigenvalue weighted by Crippen LogP contribution is -2.35. The van der Waals surface area contributed by atoms with E-state index in [1.807, 2.05) is 10.7 Å². The molecule has 144 valence electrons. The Bertz CT molecular complexity index is 531. The molecule has 1 amide bonds. The first-order valence-electron chi connectivity index (χ1n) is 8.98. The highest BCUT2D eigenvalue weighted by atomic mass is 35.5. The summed E-state index contributed by atoms with van der Waals surface area (Å²) >= 11 is 0. The number of halogens is 2. The highest BCUT2D eigenvalue weighted by Gasteiger charge is 2.27. The van der Waals surface area contributed by atoms with Crippen molar-refractivity contribution in [1.82, 2.24) is 14.7 Å². The summed E-state index contributed by atoms with van der Waals surface area (Å²) < 4.78 is 2.00. The summed E-state index contributed by atoms with van der Waals surface area (Å²) in [5.74, 6) is 1.23. The van der Waals surface area contributed by atoms with Gasteiger partial charge < -0.3 is 16.0 Å². The second-order valence-corrected chi connectivity index (χ2v) is 6.93. The van der Waals surface area contributed by atoms with Crippen LogP contribution in [0.1, 0.15) is 51.5 Å². The third-order valence-corrected chi connectivity index (χ3v) is 5.45. The Labute approximate surface area is 162 Å². The van der Waals surface area contributed by atoms with E-state index in [-0.39, 0.29) is 36.8 Å². The maximum absolute atomic E-state index is 12.3. The molecular formula is C17H31Cl2N5O. The van der Waals surface area contributed by atoms with E-state index in [9.17, 15) is 4.79 Å². The van der Waals surface area contributed by atoms with Crippen molar-refractivity contribution >= 4 is 36.5 Å². The second kappa shape index (κ2) is 10.4. The number of aromatic nitrogens is 2. The molecule has 1 saturated carbocycles. The second-order valence-electron chi connectivity index (χ2n) is 6.93. The molecule has 25 heavy (non-hydrogen) atoms. The highest BCUT2D eigenvalue weighted by Crippen LogP contribution is 2.28. The Hall–Kier alpha value is -0.820. The van der Waals surface area contributed by atoms with Gasteiger partial charge in [0.05, 0.1) is 12.2 Å². The molecular weight excluding hydrogens is 361 g/mol. The lowest BCUT2D eigenvalue weighted by Gasteiger charge is -2.31. The van der Waals surface area contributed by atoms with Gasteiger partial charge in [-0.15, -0.1) is 24.8 Å². The molecule has 1 aliphatic carbocycles. The fraction of sp³-hybridized carbons (Fsp3) is 0.765. The molecule has 3 N–H and O–H groups in total. The molecule has 0 bridgehead atoms. The summed E-state index contributed by atoms with van der Waals surface area (Å²) in [6.45, 7) is 5.52. The van der Waals surface area contributed by atoms with E-state index >= 15 is 0 Å². The minimum Gasteiger partial charge on any atom is -0.327 e. The quantitative estimate of drug-likeness (QED) is 0.808. The highest BCUT2D eigenvalue weighted by molar-refractivity contribution is 5.90. The van der Waals surface area contributed by atoms with Crippen LogP contribution in [0, 0.1) is 5.92 Å². The summed E-state index contributed by atoms with van der Waals surface area (Å²) in [7, 11) is 0. The fourth-order valence-electron chi connectivity index (χ4n) is 3.94. The Morgan fingerprint density at radius 2 is 2.00 bits per heavy atom. The number of hydrogen-bond acceptors (Lipinski definition) is 4. The molecule has 0 radical (unpaired) electrons. The van der Waals surface area contributed by atoms with Crippen LogP contribution in [-0.2, 0) is 4.79 Å². The predicted octanol–water partition coefficient (Wildman–Crippen LogP) is 2.84. The number of piperidine rings is 1. The third-order valence-electron chi connectivity index (χ3n) is 5.45. The summed E-state index contributed by atoms with van der Waals surface area (Å²) in [6.07, 6.45) is 7.75. The molecule has 1 aliphatic heterocycles. The van der Waals surface area contributed by atoms with Gasteiger partial charge in [0, 0.05) is 31.6 Å². The van der Waals surface area contributed by atoms with Gasteiger partial charge in [-0.3, -0.25) is 4.79 Å². The summed E-state index contributed by atoms with van der Waals surface area (Å²) in [5.41, 5.74) is 6.07. The lowest BCUT2D eigenvalue weighted by molar-refractivity contribution is -0.117. The van der Waals surface area contributed by atoms with Gasteiger partial charge in [0.2, 0.25) is 5.91 Å². The Balaban J connectivity index is 0.00000156. The number of rotatable bonds is 5. The van der Waals surface area contributed by atoms with Crippen molar-refractivity contribution in [2.45, 2.75) is 57.5 Å². The minimum atomic E-state index is 0. The normalized spacial score (nSPS) is 24.4. The fourth-order valence-corrected chi connectivity index (χ4v) is 3.94. The molecule has 1 aromatic heterocycles. The number of nitrogens with zero attached hydrogens (tertiary/aromatic N) is 3. The van der Waals surface area contributed by atoms with Gasteiger partial charge in [0.1, 0.15) is 5.82 Å². The first-order chi connectivity index (χ1) is 11.2. The zero-order valence-corrected chi connectivity index (χ0v) is 16.5. The predicted molar refractivity (Wildman–Crippen MR) is 106 cm³/mol. The number of nitrogens with one attached hydrogen (secondary N) is 1. The van der Waals surface area contributed by atoms with Crippen molar-refractivity contribution in [1.29, 1.82) is 0 Å². The smallest absolute Gasteiger partial charge is 0.225 e. The van der Waals surface area contributed by atoms with Crippen molar-refractivity contribution in [3.8, 4) is 0 Å². The van der Waals surface area contributed by atoms with Gasteiger partial charge >= 0.3 is 0 Å². The van der Waals surface area contributed by atoms with E-state index in [2.05, 4.69) is 22.2 Å². The number of hydrogen-bond donors (Lipinski definition) is 2. The molecule has 1 aromatic rings. The number of nitrogens with two attached hydrogens (primary N) is 1. The molecule has 2 fully saturated rings. The monoisotopic (exact) mass is 391 g/mol. The summed E-state index contributed by atoms with van der Waals surface area (Å²) in [4.78, 5) is 14.8. The maximum atomic E-state index is 12.3. The molecule has 2 aliphatic rings. The molecule has 6 nitrogen and oxygen atoms in total. The molecule has 0 spiro atoms. The van der Waals surface area contributed by atoms with Crippen molar-refractivity contribution in [2.75, 3.05) is 25.0 Å². The standard InChI is InChI=1S/C17H29N5O.2ClH/c1-2-21-10-7-14(8-11-21)22-16(6-9-19-22)20-17(23)12-13-4-3-5-15(13)18;;/h6,9,13-15H,2-5,7-8,10-12,18H2,1H3,(H,20,23);2*1H/t13-,15+;;/m0../s1. The summed E-state index contributed by atoms with van der Waals surface area (Å²) in [5, 5.41) is 7.50. The lowest BCUT2D eigenvalue weighted by atomic mass is 10.00. The molecule has 2 atom stereocenters. The zero-order chi connectivity index (χ0) is 16.2. The van der Waals surface area contributed by atoms with E-state index in [1.165, 1.54) is 0 Å². The van der Waals surface area contributed by atoms with Gasteiger partial charge in [-0.2, -0.15) is 5.10 Å². The molecule has 0 aromatic carbocycles. The largest absolute Gasteiger partial charge is 0.327 e. The number of carbonyl (C=O) groups excluding carboxylic acids is 1. The molecule has 2 heterocycles. The van der Waals surface area contributed by atoms with Crippen LogP contribution < -0.4 is 11.1 Å². The van der Waals surface area contributed by atoms with Crippen LogP contribution in [0.2, 0.25) is 0 Å². The van der Waals surface area contributed by atoms with Crippen LogP contribution in [0.3, 0.4) is 0 Å². The average molecular weight is 392 g/mol. The van der Waals surface area contributed by atoms with Crippen molar-refractivity contribution < 1.29 is 4.79 Å².